The molecule has 1 rings (SSSR count). The summed E-state index contributed by atoms with van der Waals surface area (Å²) in [7, 11) is 0. The summed E-state index contributed by atoms with van der Waals surface area (Å²) in [5.41, 5.74) is 0. The average Bonchev–Trinajstić information content (AvgIpc) is 1.94. The molecule has 0 bridgehead atoms. The SMILES string of the molecule is FC1CNCCO1.FF. The van der Waals surface area contributed by atoms with Crippen molar-refractivity contribution in [1.29, 1.82) is 0 Å². The van der Waals surface area contributed by atoms with E-state index in [1.54, 1.807) is 0 Å². The smallest absolute Gasteiger partial charge is 0.211 e. The molecule has 5 heteroatoms. The lowest BCUT2D eigenvalue weighted by molar-refractivity contribution is -0.0560. The lowest BCUT2D eigenvalue weighted by Gasteiger charge is -2.15. The fourth-order valence-corrected chi connectivity index (χ4v) is 0.533. The second-order valence-corrected chi connectivity index (χ2v) is 1.48. The van der Waals surface area contributed by atoms with Crippen molar-refractivity contribution in [3.05, 3.63) is 0 Å². The van der Waals surface area contributed by atoms with Crippen LogP contribution in [0.1, 0.15) is 0 Å². The maximum atomic E-state index is 11.9. The van der Waals surface area contributed by atoms with Gasteiger partial charge in [0.25, 0.3) is 0 Å². The van der Waals surface area contributed by atoms with Gasteiger partial charge < -0.3 is 10.1 Å². The molecule has 2 nitrogen and oxygen atoms in total. The second-order valence-electron chi connectivity index (χ2n) is 1.48. The van der Waals surface area contributed by atoms with E-state index < -0.39 is 6.36 Å². The molecule has 0 amide bonds. The minimum atomic E-state index is -1.08. The van der Waals surface area contributed by atoms with Crippen LogP contribution in [0.5, 0.6) is 0 Å². The first kappa shape index (κ1) is 8.71. The van der Waals surface area contributed by atoms with Crippen LogP contribution in [0.15, 0.2) is 0 Å². The molecule has 0 spiro atoms. The Balaban J connectivity index is 0.000000291. The zero-order valence-corrected chi connectivity index (χ0v) is 4.74. The van der Waals surface area contributed by atoms with E-state index in [9.17, 15) is 4.39 Å². The Labute approximate surface area is 50.9 Å². The van der Waals surface area contributed by atoms with E-state index in [2.05, 4.69) is 10.1 Å². The van der Waals surface area contributed by atoms with Crippen molar-refractivity contribution in [2.24, 2.45) is 0 Å². The van der Waals surface area contributed by atoms with Gasteiger partial charge in [0.15, 0.2) is 0 Å². The molecule has 1 unspecified atom stereocenters. The van der Waals surface area contributed by atoms with E-state index in [1.165, 1.54) is 0 Å². The summed E-state index contributed by atoms with van der Waals surface area (Å²) >= 11 is 0. The van der Waals surface area contributed by atoms with Gasteiger partial charge in [-0.15, -0.1) is 0 Å². The third kappa shape index (κ3) is 4.23. The molecule has 9 heavy (non-hydrogen) atoms. The lowest BCUT2D eigenvalue weighted by atomic mass is 10.5. The predicted molar refractivity (Wildman–Crippen MR) is 25.9 cm³/mol. The predicted octanol–water partition coefficient (Wildman–Crippen LogP) is 0.742. The highest BCUT2D eigenvalue weighted by atomic mass is 20.0. The first-order valence-corrected chi connectivity index (χ1v) is 2.50. The topological polar surface area (TPSA) is 21.3 Å². The Hall–Kier alpha value is -0.290. The molecule has 0 aromatic heterocycles. The van der Waals surface area contributed by atoms with Gasteiger partial charge in [0.1, 0.15) is 0 Å². The average molecular weight is 143 g/mol. The van der Waals surface area contributed by atoms with Gasteiger partial charge in [0.05, 0.1) is 13.2 Å². The molecule has 1 saturated heterocycles. The molecule has 56 valence electrons. The van der Waals surface area contributed by atoms with Crippen LogP contribution in [0.4, 0.5) is 13.5 Å². The summed E-state index contributed by atoms with van der Waals surface area (Å²) in [6.07, 6.45) is -1.08. The third-order valence-electron chi connectivity index (χ3n) is 0.882. The van der Waals surface area contributed by atoms with E-state index >= 15 is 0 Å². The number of alkyl halides is 1. The Morgan fingerprint density at radius 3 is 2.33 bits per heavy atom. The zero-order chi connectivity index (χ0) is 7.11. The summed E-state index contributed by atoms with van der Waals surface area (Å²) in [6.45, 7) is 1.63. The number of halogens is 3. The van der Waals surface area contributed by atoms with Crippen LogP contribution in [0.2, 0.25) is 0 Å². The van der Waals surface area contributed by atoms with Crippen LogP contribution in [0.3, 0.4) is 0 Å². The summed E-state index contributed by atoms with van der Waals surface area (Å²) < 4.78 is 32.4. The maximum Gasteiger partial charge on any atom is 0.211 e. The van der Waals surface area contributed by atoms with E-state index in [0.717, 1.165) is 6.54 Å². The van der Waals surface area contributed by atoms with Crippen LogP contribution in [0, 0.1) is 0 Å². The van der Waals surface area contributed by atoms with E-state index in [1.807, 2.05) is 0 Å². The number of ether oxygens (including phenoxy) is 1. The molecule has 1 aliphatic rings. The molecule has 0 aliphatic carbocycles. The first-order chi connectivity index (χ1) is 4.39. The van der Waals surface area contributed by atoms with Gasteiger partial charge in [-0.3, -0.25) is 0 Å². The Bertz CT molecular complexity index is 57.8. The molecule has 0 aromatic rings. The van der Waals surface area contributed by atoms with Gasteiger partial charge in [-0.2, -0.15) is 0 Å². The summed E-state index contributed by atoms with van der Waals surface area (Å²) in [6, 6.07) is 0. The summed E-state index contributed by atoms with van der Waals surface area (Å²) in [4.78, 5) is 0. The van der Waals surface area contributed by atoms with Gasteiger partial charge in [0, 0.05) is 15.7 Å². The molecule has 0 aromatic carbocycles. The van der Waals surface area contributed by atoms with Crippen LogP contribution in [-0.2, 0) is 4.74 Å². The highest BCUT2D eigenvalue weighted by Crippen LogP contribution is 1.94. The van der Waals surface area contributed by atoms with Crippen molar-refractivity contribution in [3.8, 4) is 0 Å². The highest BCUT2D eigenvalue weighted by Gasteiger charge is 2.08. The van der Waals surface area contributed by atoms with Gasteiger partial charge in [-0.1, -0.05) is 0 Å². The molecular formula is C4H8F3NO. The number of hydrogen-bond acceptors (Lipinski definition) is 2. The van der Waals surface area contributed by atoms with Gasteiger partial charge in [-0.25, -0.2) is 4.39 Å². The fraction of sp³-hybridized carbons (Fsp3) is 1.00. The van der Waals surface area contributed by atoms with Gasteiger partial charge >= 0.3 is 0 Å². The summed E-state index contributed by atoms with van der Waals surface area (Å²) in [5, 5.41) is 2.83. The van der Waals surface area contributed by atoms with Crippen LogP contribution in [0.25, 0.3) is 0 Å². The van der Waals surface area contributed by atoms with Gasteiger partial charge in [-0.05, 0) is 0 Å². The fourth-order valence-electron chi connectivity index (χ4n) is 0.533. The lowest BCUT2D eigenvalue weighted by Crippen LogP contribution is -2.35. The van der Waals surface area contributed by atoms with E-state index in [0.29, 0.717) is 13.2 Å². The normalized spacial score (nSPS) is 26.3. The van der Waals surface area contributed by atoms with Gasteiger partial charge in [0.2, 0.25) is 6.36 Å². The number of morpholine rings is 1. The van der Waals surface area contributed by atoms with E-state index in [-0.39, 0.29) is 0 Å². The first-order valence-electron chi connectivity index (χ1n) is 2.50. The molecular weight excluding hydrogens is 135 g/mol. The number of nitrogens with one attached hydrogen (secondary N) is 1. The van der Waals surface area contributed by atoms with Crippen molar-refractivity contribution in [2.45, 2.75) is 6.36 Å². The summed E-state index contributed by atoms with van der Waals surface area (Å²) in [5.74, 6) is 0. The third-order valence-corrected chi connectivity index (χ3v) is 0.882. The molecule has 1 heterocycles. The van der Waals surface area contributed by atoms with Crippen LogP contribution < -0.4 is 5.32 Å². The highest BCUT2D eigenvalue weighted by molar-refractivity contribution is 4.55. The quantitative estimate of drug-likeness (QED) is 0.540. The maximum absolute atomic E-state index is 11.9. The monoisotopic (exact) mass is 143 g/mol. The Morgan fingerprint density at radius 1 is 1.44 bits per heavy atom. The Morgan fingerprint density at radius 2 is 2.11 bits per heavy atom. The largest absolute Gasteiger partial charge is 0.346 e. The van der Waals surface area contributed by atoms with E-state index in [4.69, 9.17) is 9.15 Å². The minimum absolute atomic E-state index is 0.347. The second kappa shape index (κ2) is 5.84. The Kier molecular flexibility index (Phi) is 5.65. The minimum Gasteiger partial charge on any atom is -0.346 e. The molecule has 0 radical (unpaired) electrons. The standard InChI is InChI=1S/C4H8FNO.F2/c5-4-3-6-1-2-7-4;1-2/h4,6H,1-3H2;. The van der Waals surface area contributed by atoms with Crippen LogP contribution >= 0.6 is 0 Å². The van der Waals surface area contributed by atoms with Crippen molar-refractivity contribution < 1.29 is 18.3 Å². The molecule has 1 fully saturated rings. The molecule has 1 N–H and O–H groups in total. The zero-order valence-electron chi connectivity index (χ0n) is 4.74. The van der Waals surface area contributed by atoms with Crippen molar-refractivity contribution in [3.63, 3.8) is 0 Å². The van der Waals surface area contributed by atoms with Crippen molar-refractivity contribution in [2.75, 3.05) is 19.7 Å². The van der Waals surface area contributed by atoms with Crippen molar-refractivity contribution >= 4 is 0 Å². The molecule has 1 atom stereocenters. The number of rotatable bonds is 0. The van der Waals surface area contributed by atoms with Crippen molar-refractivity contribution in [1.82, 2.24) is 5.32 Å². The molecule has 1 aliphatic heterocycles. The molecule has 0 saturated carbocycles. The van der Waals surface area contributed by atoms with Crippen LogP contribution in [-0.4, -0.2) is 26.1 Å². The number of hydrogen-bond donors (Lipinski definition) is 1.